The molecule has 1 amide bonds. The Kier molecular flexibility index (Phi) is 3.90. The second kappa shape index (κ2) is 5.77. The fourth-order valence-electron chi connectivity index (χ4n) is 2.13. The Morgan fingerprint density at radius 1 is 1.21 bits per heavy atom. The van der Waals surface area contributed by atoms with E-state index < -0.39 is 17.8 Å². The van der Waals surface area contributed by atoms with Gasteiger partial charge in [0.25, 0.3) is 5.91 Å². The number of nitrogen functional groups attached to an aromatic ring is 1. The molecule has 6 nitrogen and oxygen atoms in total. The molecule has 1 aromatic carbocycles. The first-order valence-electron chi connectivity index (χ1n) is 6.54. The van der Waals surface area contributed by atoms with Gasteiger partial charge in [0.15, 0.2) is 17.0 Å². The third-order valence-corrected chi connectivity index (χ3v) is 3.47. The molecule has 2 heterocycles. The maximum atomic E-state index is 13.3. The quantitative estimate of drug-likeness (QED) is 0.420. The Morgan fingerprint density at radius 3 is 2.46 bits per heavy atom. The third-order valence-electron chi connectivity index (χ3n) is 3.22. The predicted octanol–water partition coefficient (Wildman–Crippen LogP) is 2.67. The second-order valence-corrected chi connectivity index (χ2v) is 5.24. The van der Waals surface area contributed by atoms with Crippen molar-refractivity contribution < 1.29 is 18.0 Å². The van der Waals surface area contributed by atoms with Crippen molar-refractivity contribution in [3.63, 3.8) is 0 Å². The number of nitrogens with zero attached hydrogens (tertiary/aromatic N) is 3. The van der Waals surface area contributed by atoms with E-state index in [0.717, 1.165) is 12.1 Å². The lowest BCUT2D eigenvalue weighted by Crippen LogP contribution is -2.30. The first-order valence-corrected chi connectivity index (χ1v) is 6.92. The summed E-state index contributed by atoms with van der Waals surface area (Å²) < 4.78 is 40.6. The monoisotopic (exact) mass is 355 g/mol. The highest BCUT2D eigenvalue weighted by atomic mass is 35.5. The van der Waals surface area contributed by atoms with E-state index in [-0.39, 0.29) is 17.0 Å². The lowest BCUT2D eigenvalue weighted by atomic mass is 10.1. The zero-order valence-corrected chi connectivity index (χ0v) is 12.6. The van der Waals surface area contributed by atoms with Gasteiger partial charge in [0.1, 0.15) is 0 Å². The van der Waals surface area contributed by atoms with Crippen LogP contribution in [0.3, 0.4) is 0 Å². The van der Waals surface area contributed by atoms with Crippen LogP contribution in [-0.2, 0) is 6.18 Å². The summed E-state index contributed by atoms with van der Waals surface area (Å²) in [5.41, 5.74) is 0.866. The number of nitrogens with two attached hydrogens (primary N) is 1. The average molecular weight is 356 g/mol. The Bertz CT molecular complexity index is 921. The molecule has 0 aliphatic heterocycles. The summed E-state index contributed by atoms with van der Waals surface area (Å²) in [6.45, 7) is 0. The van der Waals surface area contributed by atoms with Crippen LogP contribution in [0.2, 0.25) is 5.02 Å². The Morgan fingerprint density at radius 2 is 1.88 bits per heavy atom. The standard InChI is InChI=1S/C14H9ClF3N5O/c15-8-3-1-7(2-4-8)9-5-11(14(16,17)18)23-12(20-9)6-10(22-23)13(24)21-19/h1-6H,19H2,(H,21,24). The molecular weight excluding hydrogens is 347 g/mol. The highest BCUT2D eigenvalue weighted by molar-refractivity contribution is 6.30. The summed E-state index contributed by atoms with van der Waals surface area (Å²) in [4.78, 5) is 15.6. The molecule has 0 unspecified atom stereocenters. The number of hydrogen-bond donors (Lipinski definition) is 2. The molecule has 0 atom stereocenters. The van der Waals surface area contributed by atoms with E-state index in [1.165, 1.54) is 0 Å². The molecule has 2 aromatic heterocycles. The van der Waals surface area contributed by atoms with Gasteiger partial charge in [0.05, 0.1) is 5.69 Å². The summed E-state index contributed by atoms with van der Waals surface area (Å²) in [5, 5.41) is 4.07. The van der Waals surface area contributed by atoms with Crippen LogP contribution in [0.4, 0.5) is 13.2 Å². The van der Waals surface area contributed by atoms with Crippen molar-refractivity contribution in [2.45, 2.75) is 6.18 Å². The summed E-state index contributed by atoms with van der Waals surface area (Å²) in [6, 6.07) is 8.15. The fourth-order valence-corrected chi connectivity index (χ4v) is 2.26. The Hall–Kier alpha value is -2.65. The van der Waals surface area contributed by atoms with E-state index >= 15 is 0 Å². The van der Waals surface area contributed by atoms with E-state index in [9.17, 15) is 18.0 Å². The van der Waals surface area contributed by atoms with Gasteiger partial charge < -0.3 is 0 Å². The van der Waals surface area contributed by atoms with Gasteiger partial charge in [0.2, 0.25) is 0 Å². The molecule has 0 spiro atoms. The summed E-state index contributed by atoms with van der Waals surface area (Å²) in [5.74, 6) is 4.16. The number of amides is 1. The van der Waals surface area contributed by atoms with Gasteiger partial charge in [-0.3, -0.25) is 10.2 Å². The second-order valence-electron chi connectivity index (χ2n) is 4.80. The number of fused-ring (bicyclic) bond motifs is 1. The number of benzene rings is 1. The average Bonchev–Trinajstić information content (AvgIpc) is 2.96. The maximum absolute atomic E-state index is 13.3. The van der Waals surface area contributed by atoms with E-state index in [2.05, 4.69) is 10.1 Å². The van der Waals surface area contributed by atoms with Crippen molar-refractivity contribution in [1.29, 1.82) is 0 Å². The summed E-state index contributed by atoms with van der Waals surface area (Å²) in [6.07, 6.45) is -4.69. The molecule has 0 saturated carbocycles. The molecule has 124 valence electrons. The lowest BCUT2D eigenvalue weighted by Gasteiger charge is -2.11. The zero-order valence-electron chi connectivity index (χ0n) is 11.8. The van der Waals surface area contributed by atoms with Crippen molar-refractivity contribution in [2.24, 2.45) is 5.84 Å². The number of nitrogens with one attached hydrogen (secondary N) is 1. The van der Waals surface area contributed by atoms with Gasteiger partial charge in [0, 0.05) is 16.7 Å². The van der Waals surface area contributed by atoms with E-state index in [1.54, 1.807) is 24.3 Å². The first-order chi connectivity index (χ1) is 11.3. The minimum atomic E-state index is -4.69. The molecule has 3 N–H and O–H groups in total. The van der Waals surface area contributed by atoms with Crippen LogP contribution in [0.25, 0.3) is 16.9 Å². The van der Waals surface area contributed by atoms with Gasteiger partial charge in [-0.25, -0.2) is 15.3 Å². The maximum Gasteiger partial charge on any atom is 0.433 e. The van der Waals surface area contributed by atoms with Crippen LogP contribution in [0, 0.1) is 0 Å². The fraction of sp³-hybridized carbons (Fsp3) is 0.0714. The number of hydrazine groups is 1. The largest absolute Gasteiger partial charge is 0.433 e. The number of aromatic nitrogens is 3. The van der Waals surface area contributed by atoms with Crippen LogP contribution in [0.1, 0.15) is 16.2 Å². The van der Waals surface area contributed by atoms with Crippen LogP contribution in [0.15, 0.2) is 36.4 Å². The lowest BCUT2D eigenvalue weighted by molar-refractivity contribution is -0.142. The molecule has 0 fully saturated rings. The van der Waals surface area contributed by atoms with Gasteiger partial charge >= 0.3 is 6.18 Å². The summed E-state index contributed by atoms with van der Waals surface area (Å²) in [7, 11) is 0. The number of hydrogen-bond acceptors (Lipinski definition) is 4. The highest BCUT2D eigenvalue weighted by Crippen LogP contribution is 2.32. The van der Waals surface area contributed by atoms with Gasteiger partial charge in [-0.1, -0.05) is 23.7 Å². The number of carbonyl (C=O) groups is 1. The van der Waals surface area contributed by atoms with Crippen molar-refractivity contribution in [3.05, 3.63) is 52.8 Å². The van der Waals surface area contributed by atoms with Crippen LogP contribution in [0.5, 0.6) is 0 Å². The molecule has 24 heavy (non-hydrogen) atoms. The van der Waals surface area contributed by atoms with Crippen molar-refractivity contribution in [2.75, 3.05) is 0 Å². The van der Waals surface area contributed by atoms with E-state index in [0.29, 0.717) is 15.1 Å². The Balaban J connectivity index is 2.25. The molecule has 0 bridgehead atoms. The van der Waals surface area contributed by atoms with Gasteiger partial charge in [-0.2, -0.15) is 18.3 Å². The first kappa shape index (κ1) is 16.2. The third kappa shape index (κ3) is 2.91. The molecule has 0 radical (unpaired) electrons. The SMILES string of the molecule is NNC(=O)c1cc2nc(-c3ccc(Cl)cc3)cc(C(F)(F)F)n2n1. The highest BCUT2D eigenvalue weighted by Gasteiger charge is 2.35. The molecule has 0 saturated heterocycles. The minimum Gasteiger partial charge on any atom is -0.289 e. The molecule has 0 aliphatic carbocycles. The molecular formula is C14H9ClF3N5O. The van der Waals surface area contributed by atoms with Crippen LogP contribution >= 0.6 is 11.6 Å². The summed E-state index contributed by atoms with van der Waals surface area (Å²) >= 11 is 5.78. The van der Waals surface area contributed by atoms with Crippen molar-refractivity contribution >= 4 is 23.2 Å². The molecule has 3 rings (SSSR count). The van der Waals surface area contributed by atoms with Crippen molar-refractivity contribution in [1.82, 2.24) is 20.0 Å². The number of carbonyl (C=O) groups excluding carboxylic acids is 1. The topological polar surface area (TPSA) is 85.3 Å². The van der Waals surface area contributed by atoms with Crippen LogP contribution < -0.4 is 11.3 Å². The van der Waals surface area contributed by atoms with Crippen molar-refractivity contribution in [3.8, 4) is 11.3 Å². The molecule has 10 heteroatoms. The molecule has 0 aliphatic rings. The number of alkyl halides is 3. The van der Waals surface area contributed by atoms with E-state index in [4.69, 9.17) is 17.4 Å². The van der Waals surface area contributed by atoms with E-state index in [1.807, 2.05) is 5.43 Å². The minimum absolute atomic E-state index is 0.0751. The number of rotatable bonds is 2. The van der Waals surface area contributed by atoms with Gasteiger partial charge in [-0.05, 0) is 18.2 Å². The smallest absolute Gasteiger partial charge is 0.289 e. The molecule has 3 aromatic rings. The zero-order chi connectivity index (χ0) is 17.5. The Labute approximate surface area is 138 Å². The van der Waals surface area contributed by atoms with Crippen LogP contribution in [-0.4, -0.2) is 20.5 Å². The number of halogens is 4. The van der Waals surface area contributed by atoms with Gasteiger partial charge in [-0.15, -0.1) is 0 Å². The predicted molar refractivity (Wildman–Crippen MR) is 80.1 cm³/mol. The normalized spacial score (nSPS) is 11.7.